The minimum Gasteiger partial charge on any atom is -0.461 e. The first-order valence-corrected chi connectivity index (χ1v) is 16.2. The maximum atomic E-state index is 12.3. The fourth-order valence-corrected chi connectivity index (χ4v) is 3.71. The van der Waals surface area contributed by atoms with Crippen LogP contribution < -0.4 is 21.3 Å². The number of benzene rings is 1. The first-order valence-electron chi connectivity index (χ1n) is 16.2. The van der Waals surface area contributed by atoms with E-state index in [1.807, 2.05) is 0 Å². The summed E-state index contributed by atoms with van der Waals surface area (Å²) in [5, 5.41) is 10.4. The zero-order chi connectivity index (χ0) is 37.0. The maximum Gasteiger partial charge on any atom is 0.302 e. The predicted octanol–water partition coefficient (Wildman–Crippen LogP) is 0.473. The lowest BCUT2D eigenvalue weighted by molar-refractivity contribution is -0.142. The molecule has 0 bridgehead atoms. The summed E-state index contributed by atoms with van der Waals surface area (Å²) < 4.78 is 26.5. The number of nitrogens with zero attached hydrogens (tertiary/aromatic N) is 1. The van der Waals surface area contributed by atoms with Crippen molar-refractivity contribution in [2.75, 3.05) is 84.9 Å². The molecule has 0 saturated carbocycles. The number of nitrogens with one attached hydrogen (secondary N) is 4. The third kappa shape index (κ3) is 22.8. The fourth-order valence-electron chi connectivity index (χ4n) is 3.71. The van der Waals surface area contributed by atoms with E-state index in [0.717, 1.165) is 5.56 Å². The third-order valence-corrected chi connectivity index (χ3v) is 6.46. The predicted molar refractivity (Wildman–Crippen MR) is 184 cm³/mol. The molecule has 1 aromatic carbocycles. The Morgan fingerprint density at radius 1 is 0.800 bits per heavy atom. The Bertz CT molecular complexity index is 1240. The molecular weight excluding hydrogens is 654 g/mol. The number of anilines is 1. The van der Waals surface area contributed by atoms with Crippen molar-refractivity contribution in [1.82, 2.24) is 20.9 Å². The van der Waals surface area contributed by atoms with Gasteiger partial charge in [0.1, 0.15) is 12.6 Å². The number of rotatable bonds is 27. The highest BCUT2D eigenvalue weighted by Gasteiger charge is 2.16. The van der Waals surface area contributed by atoms with Crippen molar-refractivity contribution in [2.24, 2.45) is 0 Å². The van der Waals surface area contributed by atoms with Gasteiger partial charge in [0.15, 0.2) is 0 Å². The molecule has 1 unspecified atom stereocenters. The zero-order valence-electron chi connectivity index (χ0n) is 29.2. The van der Waals surface area contributed by atoms with Crippen LogP contribution in [0.3, 0.4) is 0 Å². The van der Waals surface area contributed by atoms with E-state index in [1.54, 1.807) is 37.4 Å². The molecule has 0 aliphatic carbocycles. The molecule has 1 rings (SSSR count). The average molecular weight is 706 g/mol. The number of hydrogen-bond acceptors (Lipinski definition) is 11. The number of allylic oxidation sites excluding steroid dienone is 2. The monoisotopic (exact) mass is 705 g/mol. The lowest BCUT2D eigenvalue weighted by Crippen LogP contribution is -2.46. The van der Waals surface area contributed by atoms with Crippen molar-refractivity contribution < 1.29 is 52.5 Å². The van der Waals surface area contributed by atoms with Crippen LogP contribution in [0.25, 0.3) is 0 Å². The van der Waals surface area contributed by atoms with Crippen molar-refractivity contribution >= 4 is 41.2 Å². The van der Waals surface area contributed by atoms with E-state index in [9.17, 15) is 28.8 Å². The van der Waals surface area contributed by atoms with Crippen LogP contribution in [0.5, 0.6) is 0 Å². The molecule has 0 spiro atoms. The van der Waals surface area contributed by atoms with Gasteiger partial charge in [-0.1, -0.05) is 30.9 Å². The van der Waals surface area contributed by atoms with E-state index in [2.05, 4.69) is 27.8 Å². The van der Waals surface area contributed by atoms with E-state index in [4.69, 9.17) is 23.7 Å². The Morgan fingerprint density at radius 2 is 1.40 bits per heavy atom. The van der Waals surface area contributed by atoms with Crippen LogP contribution in [0.4, 0.5) is 5.69 Å². The highest BCUT2D eigenvalue weighted by atomic mass is 16.6. The Hall–Kier alpha value is -4.64. The molecule has 0 heterocycles. The van der Waals surface area contributed by atoms with Crippen LogP contribution in [0.1, 0.15) is 32.3 Å². The molecule has 0 radical (unpaired) electrons. The number of carbonyl (C=O) groups is 6. The van der Waals surface area contributed by atoms with Gasteiger partial charge in [-0.25, -0.2) is 0 Å². The molecule has 1 aromatic rings. The SMILES string of the molecule is C=C/C=C\C(=O)N(C)CCC(=O)NCCOCCOCCOCCOCCC(=O)NC(C)C(=O)NCC(=O)Nc1ccc(COC(C)=O)cc1. The number of hydrogen-bond donors (Lipinski definition) is 4. The lowest BCUT2D eigenvalue weighted by atomic mass is 10.2. The van der Waals surface area contributed by atoms with Gasteiger partial charge >= 0.3 is 5.97 Å². The topological polar surface area (TPSA) is 200 Å². The summed E-state index contributed by atoms with van der Waals surface area (Å²) >= 11 is 0. The second kappa shape index (κ2) is 27.2. The van der Waals surface area contributed by atoms with Gasteiger partial charge in [-0.05, 0) is 24.6 Å². The highest BCUT2D eigenvalue weighted by molar-refractivity contribution is 5.96. The Morgan fingerprint density at radius 3 is 2.00 bits per heavy atom. The molecular formula is C34H51N5O11. The van der Waals surface area contributed by atoms with Crippen LogP contribution in [0.15, 0.2) is 49.1 Å². The van der Waals surface area contributed by atoms with Gasteiger partial charge in [-0.15, -0.1) is 0 Å². The molecule has 16 nitrogen and oxygen atoms in total. The molecule has 278 valence electrons. The molecule has 0 aromatic heterocycles. The summed E-state index contributed by atoms with van der Waals surface area (Å²) in [7, 11) is 1.62. The van der Waals surface area contributed by atoms with Gasteiger partial charge in [0.2, 0.25) is 29.5 Å². The highest BCUT2D eigenvalue weighted by Crippen LogP contribution is 2.10. The van der Waals surface area contributed by atoms with Gasteiger partial charge < -0.3 is 49.9 Å². The van der Waals surface area contributed by atoms with Crippen molar-refractivity contribution in [2.45, 2.75) is 39.3 Å². The van der Waals surface area contributed by atoms with Crippen molar-refractivity contribution in [3.05, 3.63) is 54.6 Å². The van der Waals surface area contributed by atoms with E-state index in [1.165, 1.54) is 30.9 Å². The van der Waals surface area contributed by atoms with Gasteiger partial charge in [0.25, 0.3) is 0 Å². The minimum atomic E-state index is -0.849. The molecule has 16 heteroatoms. The van der Waals surface area contributed by atoms with E-state index in [0.29, 0.717) is 58.4 Å². The number of amides is 5. The van der Waals surface area contributed by atoms with Crippen LogP contribution >= 0.6 is 0 Å². The molecule has 0 fully saturated rings. The molecule has 5 amide bonds. The van der Waals surface area contributed by atoms with Crippen molar-refractivity contribution in [3.63, 3.8) is 0 Å². The smallest absolute Gasteiger partial charge is 0.302 e. The van der Waals surface area contributed by atoms with Gasteiger partial charge in [0.05, 0.1) is 59.4 Å². The minimum absolute atomic E-state index is 0.0466. The Kier molecular flexibility index (Phi) is 23.6. The number of likely N-dealkylation sites (N-methyl/N-ethyl adjacent to an activating group) is 1. The first kappa shape index (κ1) is 43.4. The second-order valence-corrected chi connectivity index (χ2v) is 10.7. The number of ether oxygens (including phenoxy) is 5. The standard InChI is InChI=1S/C34H51N5O11/c1-5-6-7-33(44)39(4)15-12-30(41)35-14-17-47-19-21-49-23-22-48-20-18-46-16-13-31(42)37-26(2)34(45)36-24-32(43)38-29-10-8-28(9-11-29)25-50-27(3)40/h5-11,26H,1,12-25H2,2-4H3,(H,35,41)(H,36,45)(H,37,42)(H,38,43)/b7-6-. The first-order chi connectivity index (χ1) is 24.0. The zero-order valence-corrected chi connectivity index (χ0v) is 29.2. The van der Waals surface area contributed by atoms with E-state index < -0.39 is 17.9 Å². The van der Waals surface area contributed by atoms with Crippen molar-refractivity contribution in [1.29, 1.82) is 0 Å². The summed E-state index contributed by atoms with van der Waals surface area (Å²) in [5.41, 5.74) is 1.28. The van der Waals surface area contributed by atoms with Crippen LogP contribution in [0.2, 0.25) is 0 Å². The molecule has 4 N–H and O–H groups in total. The quantitative estimate of drug-likeness (QED) is 0.0430. The van der Waals surface area contributed by atoms with Crippen LogP contribution in [0, 0.1) is 0 Å². The summed E-state index contributed by atoms with van der Waals surface area (Å²) in [6.45, 7) is 9.37. The Balaban J connectivity index is 1.96. The number of esters is 1. The molecule has 0 aliphatic rings. The molecule has 50 heavy (non-hydrogen) atoms. The van der Waals surface area contributed by atoms with Crippen LogP contribution in [-0.2, 0) is 59.1 Å². The summed E-state index contributed by atoms with van der Waals surface area (Å²) in [6, 6.07) is 5.86. The van der Waals surface area contributed by atoms with Gasteiger partial charge in [-0.3, -0.25) is 28.8 Å². The third-order valence-electron chi connectivity index (χ3n) is 6.46. The number of carbonyl (C=O) groups excluding carboxylic acids is 6. The summed E-state index contributed by atoms with van der Waals surface area (Å²) in [5.74, 6) is -2.09. The maximum absolute atomic E-state index is 12.3. The average Bonchev–Trinajstić information content (AvgIpc) is 3.09. The normalized spacial score (nSPS) is 11.3. The lowest BCUT2D eigenvalue weighted by Gasteiger charge is -2.14. The Labute approximate surface area is 293 Å². The fraction of sp³-hybridized carbons (Fsp3) is 0.529. The van der Waals surface area contributed by atoms with E-state index in [-0.39, 0.29) is 62.9 Å². The second-order valence-electron chi connectivity index (χ2n) is 10.7. The van der Waals surface area contributed by atoms with Crippen LogP contribution in [-0.4, -0.2) is 126 Å². The largest absolute Gasteiger partial charge is 0.461 e. The summed E-state index contributed by atoms with van der Waals surface area (Å²) in [6.07, 6.45) is 4.68. The molecule has 0 aliphatic heterocycles. The summed E-state index contributed by atoms with van der Waals surface area (Å²) in [4.78, 5) is 72.5. The van der Waals surface area contributed by atoms with Crippen molar-refractivity contribution in [3.8, 4) is 0 Å². The van der Waals surface area contributed by atoms with Gasteiger partial charge in [0, 0.05) is 51.7 Å². The van der Waals surface area contributed by atoms with Gasteiger partial charge in [-0.2, -0.15) is 0 Å². The molecule has 1 atom stereocenters. The molecule has 0 saturated heterocycles. The van der Waals surface area contributed by atoms with E-state index >= 15 is 0 Å².